The molecule has 0 radical (unpaired) electrons. The number of rotatable bonds is 0. The van der Waals surface area contributed by atoms with Crippen LogP contribution >= 0.6 is 46.4 Å². The summed E-state index contributed by atoms with van der Waals surface area (Å²) in [7, 11) is 0. The van der Waals surface area contributed by atoms with E-state index in [0.29, 0.717) is 33.3 Å². The Bertz CT molecular complexity index is 634. The van der Waals surface area contributed by atoms with Gasteiger partial charge in [0.25, 0.3) is 0 Å². The standard InChI is InChI=1S/C6H3Cl3.C6H3ClF2.C6H3F3/c3*7-4-1-5(8)3-6(9)2-4/h3*1-3H. The summed E-state index contributed by atoms with van der Waals surface area (Å²) in [6.45, 7) is 0. The molecule has 3 aromatic rings. The predicted octanol–water partition coefficient (Wildman–Crippen LogP) is 8.37. The van der Waals surface area contributed by atoms with Gasteiger partial charge >= 0.3 is 0 Å². The minimum absolute atomic E-state index is 0.0764. The molecule has 144 valence electrons. The van der Waals surface area contributed by atoms with E-state index in [-0.39, 0.29) is 5.02 Å². The van der Waals surface area contributed by atoms with Gasteiger partial charge in [0, 0.05) is 44.4 Å². The molecule has 0 aliphatic carbocycles. The van der Waals surface area contributed by atoms with Crippen molar-refractivity contribution in [2.24, 2.45) is 0 Å². The summed E-state index contributed by atoms with van der Waals surface area (Å²) in [6, 6.07) is 9.61. The summed E-state index contributed by atoms with van der Waals surface area (Å²) in [5.41, 5.74) is 0. The van der Waals surface area contributed by atoms with Gasteiger partial charge in [-0.05, 0) is 30.3 Å². The second-order valence-corrected chi connectivity index (χ2v) is 6.51. The fraction of sp³-hybridized carbons (Fsp3) is 0. The SMILES string of the molecule is Clc1cc(Cl)cc(Cl)c1.Fc1cc(F)cc(Cl)c1.Fc1cc(F)cc(F)c1. The first-order valence-electron chi connectivity index (χ1n) is 6.90. The summed E-state index contributed by atoms with van der Waals surface area (Å²) in [5, 5.41) is 1.76. The summed E-state index contributed by atoms with van der Waals surface area (Å²) < 4.78 is 60.1. The van der Waals surface area contributed by atoms with E-state index >= 15 is 0 Å². The van der Waals surface area contributed by atoms with Gasteiger partial charge in [-0.25, -0.2) is 22.0 Å². The average molecular weight is 462 g/mol. The molecule has 0 N–H and O–H groups in total. The summed E-state index contributed by atoms with van der Waals surface area (Å²) in [5.74, 6) is -3.99. The Balaban J connectivity index is 0.000000202. The van der Waals surface area contributed by atoms with Crippen molar-refractivity contribution in [3.63, 3.8) is 0 Å². The molecule has 0 bridgehead atoms. The fourth-order valence-corrected chi connectivity index (χ4v) is 2.64. The normalized spacial score (nSPS) is 9.67. The molecule has 0 spiro atoms. The van der Waals surface area contributed by atoms with Crippen molar-refractivity contribution in [1.82, 2.24) is 0 Å². The monoisotopic (exact) mass is 460 g/mol. The van der Waals surface area contributed by atoms with E-state index in [4.69, 9.17) is 46.4 Å². The first-order chi connectivity index (χ1) is 12.5. The molecule has 0 saturated carbocycles. The molecule has 0 aromatic heterocycles. The zero-order valence-electron chi connectivity index (χ0n) is 13.1. The topological polar surface area (TPSA) is 0 Å². The van der Waals surface area contributed by atoms with E-state index < -0.39 is 29.1 Å². The van der Waals surface area contributed by atoms with E-state index in [1.165, 1.54) is 0 Å². The largest absolute Gasteiger partial charge is 0.207 e. The first-order valence-corrected chi connectivity index (χ1v) is 8.41. The summed E-state index contributed by atoms with van der Waals surface area (Å²) in [4.78, 5) is 0. The van der Waals surface area contributed by atoms with E-state index in [1.807, 2.05) is 0 Å². The second kappa shape index (κ2) is 11.3. The molecule has 0 heterocycles. The lowest BCUT2D eigenvalue weighted by Gasteiger charge is -1.91. The number of hydrogen-bond acceptors (Lipinski definition) is 0. The molecule has 3 rings (SSSR count). The van der Waals surface area contributed by atoms with Gasteiger partial charge in [-0.15, -0.1) is 0 Å². The molecule has 9 heteroatoms. The summed E-state index contributed by atoms with van der Waals surface area (Å²) >= 11 is 22.0. The maximum absolute atomic E-state index is 12.1. The van der Waals surface area contributed by atoms with Crippen molar-refractivity contribution in [3.8, 4) is 0 Å². The Hall–Kier alpha value is -1.53. The third kappa shape index (κ3) is 10.4. The Morgan fingerprint density at radius 2 is 0.519 bits per heavy atom. The molecule has 0 unspecified atom stereocenters. The molecule has 0 nitrogen and oxygen atoms in total. The van der Waals surface area contributed by atoms with Crippen LogP contribution in [0.3, 0.4) is 0 Å². The van der Waals surface area contributed by atoms with E-state index in [9.17, 15) is 22.0 Å². The lowest BCUT2D eigenvalue weighted by atomic mass is 10.3. The van der Waals surface area contributed by atoms with Crippen molar-refractivity contribution in [2.75, 3.05) is 0 Å². The minimum Gasteiger partial charge on any atom is -0.207 e. The van der Waals surface area contributed by atoms with Gasteiger partial charge in [-0.1, -0.05) is 46.4 Å². The lowest BCUT2D eigenvalue weighted by Crippen LogP contribution is -1.81. The first kappa shape index (κ1) is 23.5. The highest BCUT2D eigenvalue weighted by molar-refractivity contribution is 6.38. The molecule has 0 fully saturated rings. The van der Waals surface area contributed by atoms with Gasteiger partial charge in [0.15, 0.2) is 0 Å². The second-order valence-electron chi connectivity index (χ2n) is 4.76. The number of hydrogen-bond donors (Lipinski definition) is 0. The Morgan fingerprint density at radius 1 is 0.333 bits per heavy atom. The zero-order chi connectivity index (χ0) is 20.6. The Labute approximate surface area is 172 Å². The van der Waals surface area contributed by atoms with Crippen molar-refractivity contribution in [3.05, 3.63) is 104 Å². The van der Waals surface area contributed by atoms with Gasteiger partial charge in [0.1, 0.15) is 29.1 Å². The van der Waals surface area contributed by atoms with Gasteiger partial charge in [0.05, 0.1) is 0 Å². The van der Waals surface area contributed by atoms with Gasteiger partial charge in [0.2, 0.25) is 0 Å². The lowest BCUT2D eigenvalue weighted by molar-refractivity contribution is 0.543. The molecular weight excluding hydrogens is 453 g/mol. The van der Waals surface area contributed by atoms with Crippen LogP contribution in [-0.2, 0) is 0 Å². The van der Waals surface area contributed by atoms with Crippen LogP contribution in [0.5, 0.6) is 0 Å². The Morgan fingerprint density at radius 3 is 0.741 bits per heavy atom. The molecule has 0 saturated heterocycles. The molecule has 0 atom stereocenters. The van der Waals surface area contributed by atoms with E-state index in [1.54, 1.807) is 18.2 Å². The number of benzene rings is 3. The van der Waals surface area contributed by atoms with Crippen molar-refractivity contribution in [1.29, 1.82) is 0 Å². The van der Waals surface area contributed by atoms with E-state index in [2.05, 4.69) is 0 Å². The highest BCUT2D eigenvalue weighted by Crippen LogP contribution is 2.21. The average Bonchev–Trinajstić information content (AvgIpc) is 2.43. The van der Waals surface area contributed by atoms with Crippen LogP contribution in [0.4, 0.5) is 22.0 Å². The minimum atomic E-state index is -0.896. The fourth-order valence-electron chi connectivity index (χ4n) is 1.56. The maximum atomic E-state index is 12.1. The molecular formula is C18H9Cl4F5. The molecule has 27 heavy (non-hydrogen) atoms. The van der Waals surface area contributed by atoms with Crippen LogP contribution in [0, 0.1) is 29.1 Å². The van der Waals surface area contributed by atoms with Crippen molar-refractivity contribution in [2.45, 2.75) is 0 Å². The highest BCUT2D eigenvalue weighted by atomic mass is 35.5. The molecule has 0 amide bonds. The quantitative estimate of drug-likeness (QED) is 0.295. The molecule has 3 aromatic carbocycles. The van der Waals surface area contributed by atoms with Crippen LogP contribution < -0.4 is 0 Å². The van der Waals surface area contributed by atoms with Gasteiger partial charge in [-0.2, -0.15) is 0 Å². The zero-order valence-corrected chi connectivity index (χ0v) is 16.1. The van der Waals surface area contributed by atoms with Gasteiger partial charge < -0.3 is 0 Å². The van der Waals surface area contributed by atoms with E-state index in [0.717, 1.165) is 18.2 Å². The third-order valence-electron chi connectivity index (χ3n) is 2.48. The van der Waals surface area contributed by atoms with Crippen LogP contribution in [0.25, 0.3) is 0 Å². The third-order valence-corrected chi connectivity index (χ3v) is 3.35. The predicted molar refractivity (Wildman–Crippen MR) is 99.2 cm³/mol. The van der Waals surface area contributed by atoms with Crippen molar-refractivity contribution >= 4 is 46.4 Å². The van der Waals surface area contributed by atoms with Crippen LogP contribution in [0.2, 0.25) is 20.1 Å². The van der Waals surface area contributed by atoms with Crippen LogP contribution in [0.1, 0.15) is 0 Å². The molecule has 0 aliphatic heterocycles. The number of halogens is 9. The highest BCUT2D eigenvalue weighted by Gasteiger charge is 1.97. The Kier molecular flexibility index (Phi) is 9.88. The summed E-state index contributed by atoms with van der Waals surface area (Å²) in [6.07, 6.45) is 0. The maximum Gasteiger partial charge on any atom is 0.129 e. The van der Waals surface area contributed by atoms with Gasteiger partial charge in [-0.3, -0.25) is 0 Å². The molecule has 0 aliphatic rings. The smallest absolute Gasteiger partial charge is 0.129 e. The van der Waals surface area contributed by atoms with Crippen molar-refractivity contribution < 1.29 is 22.0 Å². The van der Waals surface area contributed by atoms with Crippen LogP contribution in [0.15, 0.2) is 54.6 Å². The van der Waals surface area contributed by atoms with Crippen LogP contribution in [-0.4, -0.2) is 0 Å².